The van der Waals surface area contributed by atoms with Gasteiger partial charge in [0.05, 0.1) is 30.4 Å². The predicted molar refractivity (Wildman–Crippen MR) is 78.4 cm³/mol. The number of aromatic nitrogens is 1. The van der Waals surface area contributed by atoms with E-state index in [4.69, 9.17) is 21.1 Å². The van der Waals surface area contributed by atoms with Gasteiger partial charge in [-0.05, 0) is 6.07 Å². The first kappa shape index (κ1) is 13.5. The lowest BCUT2D eigenvalue weighted by Gasteiger charge is -2.11. The van der Waals surface area contributed by atoms with Gasteiger partial charge in [0, 0.05) is 22.3 Å². The highest BCUT2D eigenvalue weighted by Gasteiger charge is 2.15. The molecule has 0 aliphatic heterocycles. The normalized spacial score (nSPS) is 10.4. The van der Waals surface area contributed by atoms with Crippen molar-refractivity contribution in [3.05, 3.63) is 27.5 Å². The van der Waals surface area contributed by atoms with Crippen LogP contribution in [0.4, 0.5) is 0 Å². The van der Waals surface area contributed by atoms with Gasteiger partial charge in [-0.1, -0.05) is 11.6 Å². The molecule has 0 fully saturated rings. The molecule has 0 aliphatic carbocycles. The molecule has 2 aromatic rings. The largest absolute Gasteiger partial charge is 0.493 e. The van der Waals surface area contributed by atoms with E-state index in [1.807, 2.05) is 6.07 Å². The smallest absolute Gasteiger partial charge is 0.162 e. The van der Waals surface area contributed by atoms with Crippen molar-refractivity contribution in [3.63, 3.8) is 0 Å². The monoisotopic (exact) mass is 301 g/mol. The van der Waals surface area contributed by atoms with Crippen molar-refractivity contribution in [2.75, 3.05) is 14.2 Å². The number of hydrogen-bond donors (Lipinski definition) is 1. The molecule has 0 unspecified atom stereocenters. The molecule has 96 valence electrons. The highest BCUT2D eigenvalue weighted by molar-refractivity contribution is 7.79. The fourth-order valence-corrected chi connectivity index (χ4v) is 2.89. The Morgan fingerprint density at radius 3 is 2.56 bits per heavy atom. The minimum atomic E-state index is 0.585. The van der Waals surface area contributed by atoms with Crippen molar-refractivity contribution in [3.8, 4) is 22.8 Å². The molecule has 0 saturated heterocycles. The molecule has 1 heterocycles. The topological polar surface area (TPSA) is 31.4 Å². The molecule has 0 N–H and O–H groups in total. The second-order valence-electron chi connectivity index (χ2n) is 3.47. The van der Waals surface area contributed by atoms with Crippen LogP contribution in [0.1, 0.15) is 4.88 Å². The summed E-state index contributed by atoms with van der Waals surface area (Å²) in [4.78, 5) is 5.41. The summed E-state index contributed by atoms with van der Waals surface area (Å²) in [5.74, 6) is 1.87. The summed E-state index contributed by atoms with van der Waals surface area (Å²) < 4.78 is 10.5. The number of ether oxygens (including phenoxy) is 2. The quantitative estimate of drug-likeness (QED) is 0.869. The molecule has 0 aliphatic rings. The predicted octanol–water partition coefficient (Wildman–Crippen LogP) is 3.91. The molecule has 0 spiro atoms. The van der Waals surface area contributed by atoms with Gasteiger partial charge in [0.1, 0.15) is 0 Å². The summed E-state index contributed by atoms with van der Waals surface area (Å²) in [7, 11) is 3.17. The Morgan fingerprint density at radius 1 is 1.28 bits per heavy atom. The van der Waals surface area contributed by atoms with Crippen molar-refractivity contribution < 1.29 is 9.47 Å². The average molecular weight is 302 g/mol. The number of thiazole rings is 1. The molecule has 3 nitrogen and oxygen atoms in total. The van der Waals surface area contributed by atoms with Crippen LogP contribution in [0.2, 0.25) is 5.02 Å². The Balaban J connectivity index is 2.58. The van der Waals surface area contributed by atoms with Crippen LogP contribution in [0.3, 0.4) is 0 Å². The van der Waals surface area contributed by atoms with E-state index in [2.05, 4.69) is 17.6 Å². The first-order valence-corrected chi connectivity index (χ1v) is 7.05. The molecule has 2 rings (SSSR count). The SMILES string of the molecule is COc1cc(Cl)c(-c2ncsc2CS)cc1OC. The van der Waals surface area contributed by atoms with Crippen LogP contribution >= 0.6 is 35.6 Å². The van der Waals surface area contributed by atoms with Crippen LogP contribution in [0.5, 0.6) is 11.5 Å². The highest BCUT2D eigenvalue weighted by Crippen LogP contribution is 2.39. The molecule has 18 heavy (non-hydrogen) atoms. The standard InChI is InChI=1S/C12H12ClNO2S2/c1-15-9-3-7(8(13)4-10(9)16-2)12-11(5-17)18-6-14-12/h3-4,6,17H,5H2,1-2H3. The van der Waals surface area contributed by atoms with Crippen molar-refractivity contribution >= 4 is 35.6 Å². The number of rotatable bonds is 4. The minimum absolute atomic E-state index is 0.585. The van der Waals surface area contributed by atoms with E-state index < -0.39 is 0 Å². The van der Waals surface area contributed by atoms with E-state index >= 15 is 0 Å². The van der Waals surface area contributed by atoms with E-state index in [9.17, 15) is 0 Å². The molecule has 1 aromatic carbocycles. The van der Waals surface area contributed by atoms with Gasteiger partial charge in [0.15, 0.2) is 11.5 Å². The number of halogens is 1. The van der Waals surface area contributed by atoms with E-state index in [1.165, 1.54) is 0 Å². The zero-order valence-corrected chi connectivity index (χ0v) is 12.4. The van der Waals surface area contributed by atoms with Crippen LogP contribution in [0.25, 0.3) is 11.3 Å². The molecule has 0 radical (unpaired) electrons. The first-order valence-electron chi connectivity index (χ1n) is 5.16. The first-order chi connectivity index (χ1) is 8.71. The summed E-state index contributed by atoms with van der Waals surface area (Å²) in [6, 6.07) is 3.57. The molecule has 6 heteroatoms. The number of methoxy groups -OCH3 is 2. The van der Waals surface area contributed by atoms with Gasteiger partial charge in [-0.15, -0.1) is 11.3 Å². The van der Waals surface area contributed by atoms with E-state index in [0.29, 0.717) is 22.3 Å². The van der Waals surface area contributed by atoms with Gasteiger partial charge >= 0.3 is 0 Å². The molecular formula is C12H12ClNO2S2. The van der Waals surface area contributed by atoms with Gasteiger partial charge < -0.3 is 9.47 Å². The summed E-state index contributed by atoms with van der Waals surface area (Å²) >= 11 is 12.1. The van der Waals surface area contributed by atoms with E-state index in [1.54, 1.807) is 37.1 Å². The van der Waals surface area contributed by atoms with Gasteiger partial charge in [0.2, 0.25) is 0 Å². The van der Waals surface area contributed by atoms with Crippen molar-refractivity contribution in [2.45, 2.75) is 5.75 Å². The summed E-state index contributed by atoms with van der Waals surface area (Å²) in [6.07, 6.45) is 0. The molecule has 1 aromatic heterocycles. The summed E-state index contributed by atoms with van der Waals surface area (Å²) in [6.45, 7) is 0. The number of benzene rings is 1. The Bertz CT molecular complexity index is 557. The van der Waals surface area contributed by atoms with E-state index in [0.717, 1.165) is 16.1 Å². The van der Waals surface area contributed by atoms with Crippen molar-refractivity contribution in [1.82, 2.24) is 4.98 Å². The van der Waals surface area contributed by atoms with Gasteiger partial charge in [-0.3, -0.25) is 0 Å². The molecule has 0 atom stereocenters. The van der Waals surface area contributed by atoms with Gasteiger partial charge in [-0.25, -0.2) is 4.98 Å². The van der Waals surface area contributed by atoms with Gasteiger partial charge in [-0.2, -0.15) is 12.6 Å². The third-order valence-electron chi connectivity index (χ3n) is 2.51. The third kappa shape index (κ3) is 2.43. The Hall–Kier alpha value is -0.910. The lowest BCUT2D eigenvalue weighted by atomic mass is 10.1. The van der Waals surface area contributed by atoms with Crippen LogP contribution in [0.15, 0.2) is 17.6 Å². The second-order valence-corrected chi connectivity index (χ2v) is 5.13. The summed E-state index contributed by atoms with van der Waals surface area (Å²) in [5.41, 5.74) is 3.47. The van der Waals surface area contributed by atoms with Crippen molar-refractivity contribution in [2.24, 2.45) is 0 Å². The number of hydrogen-bond acceptors (Lipinski definition) is 5. The van der Waals surface area contributed by atoms with Crippen molar-refractivity contribution in [1.29, 1.82) is 0 Å². The highest BCUT2D eigenvalue weighted by atomic mass is 35.5. The molecular weight excluding hydrogens is 290 g/mol. The maximum Gasteiger partial charge on any atom is 0.162 e. The fourth-order valence-electron chi connectivity index (χ4n) is 1.64. The zero-order chi connectivity index (χ0) is 13.1. The lowest BCUT2D eigenvalue weighted by Crippen LogP contribution is -1.93. The Kier molecular flexibility index (Phi) is 4.37. The number of nitrogens with zero attached hydrogens (tertiary/aromatic N) is 1. The maximum absolute atomic E-state index is 6.26. The van der Waals surface area contributed by atoms with Crippen LogP contribution in [0, 0.1) is 0 Å². The maximum atomic E-state index is 6.26. The fraction of sp³-hybridized carbons (Fsp3) is 0.250. The third-order valence-corrected chi connectivity index (χ3v) is 4.19. The minimum Gasteiger partial charge on any atom is -0.493 e. The van der Waals surface area contributed by atoms with Crippen LogP contribution in [-0.2, 0) is 5.75 Å². The van der Waals surface area contributed by atoms with Crippen LogP contribution < -0.4 is 9.47 Å². The number of thiol groups is 1. The average Bonchev–Trinajstić information content (AvgIpc) is 2.86. The molecule has 0 bridgehead atoms. The summed E-state index contributed by atoms with van der Waals surface area (Å²) in [5, 5.41) is 0.585. The second kappa shape index (κ2) is 5.82. The van der Waals surface area contributed by atoms with Crippen LogP contribution in [-0.4, -0.2) is 19.2 Å². The molecule has 0 saturated carbocycles. The lowest BCUT2D eigenvalue weighted by molar-refractivity contribution is 0.355. The van der Waals surface area contributed by atoms with E-state index in [-0.39, 0.29) is 0 Å². The zero-order valence-electron chi connectivity index (χ0n) is 9.94. The molecule has 0 amide bonds. The Morgan fingerprint density at radius 2 is 1.94 bits per heavy atom. The Labute approximate surface area is 120 Å². The van der Waals surface area contributed by atoms with Gasteiger partial charge in [0.25, 0.3) is 0 Å².